The van der Waals surface area contributed by atoms with Gasteiger partial charge in [0.25, 0.3) is 0 Å². The van der Waals surface area contributed by atoms with Crippen molar-refractivity contribution >= 4 is 11.6 Å². The smallest absolute Gasteiger partial charge is 0.218 e. The van der Waals surface area contributed by atoms with Gasteiger partial charge in [0.15, 0.2) is 0 Å². The summed E-state index contributed by atoms with van der Waals surface area (Å²) in [5.74, 6) is 1.10. The Balaban J connectivity index is 2.25. The number of aryl methyl sites for hydroxylation is 2. The molecule has 15 heavy (non-hydrogen) atoms. The zero-order valence-corrected chi connectivity index (χ0v) is 9.67. The molecule has 0 spiro atoms. The van der Waals surface area contributed by atoms with E-state index in [4.69, 9.17) is 21.1 Å². The summed E-state index contributed by atoms with van der Waals surface area (Å²) in [5.41, 5.74) is 3.07. The van der Waals surface area contributed by atoms with E-state index in [1.165, 1.54) is 0 Å². The van der Waals surface area contributed by atoms with Crippen LogP contribution in [-0.4, -0.2) is 24.3 Å². The number of nitrogens with zero attached hydrogens (tertiary/aromatic N) is 1. The predicted octanol–water partition coefficient (Wildman–Crippen LogP) is 2.21. The van der Waals surface area contributed by atoms with Crippen LogP contribution in [0.4, 0.5) is 0 Å². The highest BCUT2D eigenvalue weighted by molar-refractivity contribution is 6.17. The molecule has 1 aliphatic heterocycles. The Labute approximate surface area is 94.4 Å². The van der Waals surface area contributed by atoms with Crippen LogP contribution in [0.25, 0.3) is 0 Å². The van der Waals surface area contributed by atoms with Crippen LogP contribution in [0.1, 0.15) is 16.8 Å². The van der Waals surface area contributed by atoms with Crippen LogP contribution in [0, 0.1) is 13.8 Å². The van der Waals surface area contributed by atoms with Crippen LogP contribution < -0.4 is 4.74 Å². The Morgan fingerprint density at radius 3 is 2.80 bits per heavy atom. The summed E-state index contributed by atoms with van der Waals surface area (Å²) >= 11 is 5.88. The minimum absolute atomic E-state index is 0.140. The van der Waals surface area contributed by atoms with Gasteiger partial charge in [0.1, 0.15) is 6.10 Å². The van der Waals surface area contributed by atoms with Gasteiger partial charge in [-0.25, -0.2) is 4.98 Å². The standard InChI is InChI=1S/C11H14ClNO2/c1-7-3-8(2)13-11(10(7)4-12)15-9-5-14-6-9/h3,9H,4-6H2,1-2H3. The fourth-order valence-corrected chi connectivity index (χ4v) is 1.85. The van der Waals surface area contributed by atoms with E-state index < -0.39 is 0 Å². The fraction of sp³-hybridized carbons (Fsp3) is 0.545. The van der Waals surface area contributed by atoms with Gasteiger partial charge in [0.05, 0.1) is 19.1 Å². The molecule has 1 saturated heterocycles. The van der Waals surface area contributed by atoms with Crippen molar-refractivity contribution in [3.8, 4) is 5.88 Å². The Morgan fingerprint density at radius 1 is 1.53 bits per heavy atom. The largest absolute Gasteiger partial charge is 0.469 e. The Kier molecular flexibility index (Phi) is 3.12. The number of hydrogen-bond acceptors (Lipinski definition) is 3. The first-order valence-corrected chi connectivity index (χ1v) is 5.51. The van der Waals surface area contributed by atoms with Crippen molar-refractivity contribution in [3.63, 3.8) is 0 Å². The van der Waals surface area contributed by atoms with E-state index in [2.05, 4.69) is 4.98 Å². The first-order chi connectivity index (χ1) is 7.20. The van der Waals surface area contributed by atoms with Gasteiger partial charge in [-0.05, 0) is 25.5 Å². The van der Waals surface area contributed by atoms with Crippen LogP contribution in [0.15, 0.2) is 6.07 Å². The monoisotopic (exact) mass is 227 g/mol. The molecule has 0 bridgehead atoms. The maximum absolute atomic E-state index is 5.88. The van der Waals surface area contributed by atoms with Crippen LogP contribution >= 0.6 is 11.6 Å². The Hall–Kier alpha value is -0.800. The molecule has 1 aromatic rings. The zero-order chi connectivity index (χ0) is 10.8. The molecule has 82 valence electrons. The Bertz CT molecular complexity index is 364. The summed E-state index contributed by atoms with van der Waals surface area (Å²) in [7, 11) is 0. The molecule has 0 amide bonds. The second-order valence-electron chi connectivity index (χ2n) is 3.78. The molecule has 0 aliphatic carbocycles. The molecule has 1 fully saturated rings. The molecule has 0 aromatic carbocycles. The van der Waals surface area contributed by atoms with E-state index in [0.717, 1.165) is 16.8 Å². The molecule has 2 heterocycles. The first kappa shape index (κ1) is 10.7. The molecule has 0 radical (unpaired) electrons. The lowest BCUT2D eigenvalue weighted by molar-refractivity contribution is -0.0816. The summed E-state index contributed by atoms with van der Waals surface area (Å²) < 4.78 is 10.8. The molecule has 3 nitrogen and oxygen atoms in total. The first-order valence-electron chi connectivity index (χ1n) is 4.98. The highest BCUT2D eigenvalue weighted by atomic mass is 35.5. The number of halogens is 1. The summed E-state index contributed by atoms with van der Waals surface area (Å²) in [5, 5.41) is 0. The number of rotatable bonds is 3. The van der Waals surface area contributed by atoms with E-state index in [0.29, 0.717) is 25.0 Å². The molecule has 1 aromatic heterocycles. The lowest BCUT2D eigenvalue weighted by Gasteiger charge is -2.27. The van der Waals surface area contributed by atoms with Gasteiger partial charge in [0, 0.05) is 11.3 Å². The van der Waals surface area contributed by atoms with E-state index in [9.17, 15) is 0 Å². The van der Waals surface area contributed by atoms with Crippen LogP contribution in [0.5, 0.6) is 5.88 Å². The normalized spacial score (nSPS) is 16.2. The zero-order valence-electron chi connectivity index (χ0n) is 8.92. The van der Waals surface area contributed by atoms with Gasteiger partial charge >= 0.3 is 0 Å². The number of pyridine rings is 1. The van der Waals surface area contributed by atoms with Crippen LogP contribution in [0.2, 0.25) is 0 Å². The summed E-state index contributed by atoms with van der Waals surface area (Å²) in [4.78, 5) is 4.36. The molecule has 0 atom stereocenters. The Morgan fingerprint density at radius 2 is 2.27 bits per heavy atom. The fourth-order valence-electron chi connectivity index (χ4n) is 1.53. The molecule has 4 heteroatoms. The summed E-state index contributed by atoms with van der Waals surface area (Å²) in [6.45, 7) is 5.28. The van der Waals surface area contributed by atoms with Crippen molar-refractivity contribution in [2.24, 2.45) is 0 Å². The third-order valence-corrected chi connectivity index (χ3v) is 2.72. The van der Waals surface area contributed by atoms with E-state index in [-0.39, 0.29) is 6.10 Å². The van der Waals surface area contributed by atoms with Gasteiger partial charge in [0.2, 0.25) is 5.88 Å². The molecule has 1 aliphatic rings. The molecule has 0 unspecified atom stereocenters. The number of ether oxygens (including phenoxy) is 2. The average Bonchev–Trinajstić information content (AvgIpc) is 2.10. The van der Waals surface area contributed by atoms with E-state index in [1.54, 1.807) is 0 Å². The third kappa shape index (κ3) is 2.24. The van der Waals surface area contributed by atoms with Gasteiger partial charge < -0.3 is 9.47 Å². The second kappa shape index (κ2) is 4.37. The van der Waals surface area contributed by atoms with Gasteiger partial charge in [-0.1, -0.05) is 0 Å². The van der Waals surface area contributed by atoms with Crippen molar-refractivity contribution in [1.29, 1.82) is 0 Å². The van der Waals surface area contributed by atoms with Crippen molar-refractivity contribution in [2.45, 2.75) is 25.8 Å². The predicted molar refractivity (Wildman–Crippen MR) is 58.5 cm³/mol. The summed E-state index contributed by atoms with van der Waals surface area (Å²) in [6.07, 6.45) is 0.140. The van der Waals surface area contributed by atoms with Crippen molar-refractivity contribution < 1.29 is 9.47 Å². The van der Waals surface area contributed by atoms with Gasteiger partial charge in [-0.15, -0.1) is 11.6 Å². The van der Waals surface area contributed by atoms with Crippen molar-refractivity contribution in [3.05, 3.63) is 22.9 Å². The quantitative estimate of drug-likeness (QED) is 0.742. The maximum atomic E-state index is 5.88. The van der Waals surface area contributed by atoms with Crippen LogP contribution in [-0.2, 0) is 10.6 Å². The highest BCUT2D eigenvalue weighted by Gasteiger charge is 2.22. The molecule has 2 rings (SSSR count). The minimum Gasteiger partial charge on any atom is -0.469 e. The lowest BCUT2D eigenvalue weighted by atomic mass is 10.1. The van der Waals surface area contributed by atoms with E-state index >= 15 is 0 Å². The average molecular weight is 228 g/mol. The number of aromatic nitrogens is 1. The lowest BCUT2D eigenvalue weighted by Crippen LogP contribution is -2.39. The number of hydrogen-bond donors (Lipinski definition) is 0. The molecule has 0 N–H and O–H groups in total. The van der Waals surface area contributed by atoms with E-state index in [1.807, 2.05) is 19.9 Å². The maximum Gasteiger partial charge on any atom is 0.218 e. The van der Waals surface area contributed by atoms with Crippen molar-refractivity contribution in [2.75, 3.05) is 13.2 Å². The number of alkyl halides is 1. The second-order valence-corrected chi connectivity index (χ2v) is 4.04. The molecule has 0 saturated carbocycles. The van der Waals surface area contributed by atoms with Crippen molar-refractivity contribution in [1.82, 2.24) is 4.98 Å². The molecular formula is C11H14ClNO2. The van der Waals surface area contributed by atoms with Gasteiger partial charge in [-0.3, -0.25) is 0 Å². The highest BCUT2D eigenvalue weighted by Crippen LogP contribution is 2.24. The molecular weight excluding hydrogens is 214 g/mol. The minimum atomic E-state index is 0.140. The third-order valence-electron chi connectivity index (χ3n) is 2.46. The van der Waals surface area contributed by atoms with Crippen LogP contribution in [0.3, 0.4) is 0 Å². The SMILES string of the molecule is Cc1cc(C)c(CCl)c(OC2COC2)n1. The van der Waals surface area contributed by atoms with Gasteiger partial charge in [-0.2, -0.15) is 0 Å². The summed E-state index contributed by atoms with van der Waals surface area (Å²) in [6, 6.07) is 2.02. The topological polar surface area (TPSA) is 31.4 Å².